The number of nitrogens with one attached hydrogen (secondary N) is 1. The first-order chi connectivity index (χ1) is 8.20. The van der Waals surface area contributed by atoms with E-state index in [1.54, 1.807) is 6.33 Å². The maximum Gasteiger partial charge on any atom is 0.237 e. The molecule has 0 spiro atoms. The second-order valence-corrected chi connectivity index (χ2v) is 5.14. The van der Waals surface area contributed by atoms with Crippen molar-refractivity contribution in [2.24, 2.45) is 5.73 Å². The van der Waals surface area contributed by atoms with Gasteiger partial charge in [-0.25, -0.2) is 9.67 Å². The highest BCUT2D eigenvalue weighted by atomic mass is 16.1. The maximum absolute atomic E-state index is 11.7. The number of amides is 1. The van der Waals surface area contributed by atoms with Gasteiger partial charge in [0.2, 0.25) is 5.91 Å². The lowest BCUT2D eigenvalue weighted by molar-refractivity contribution is -0.124. The Morgan fingerprint density at radius 1 is 1.47 bits per heavy atom. The molecule has 1 aromatic heterocycles. The quantitative estimate of drug-likeness (QED) is 0.768. The minimum atomic E-state index is -0.530. The third-order valence-electron chi connectivity index (χ3n) is 3.83. The van der Waals surface area contributed by atoms with Crippen molar-refractivity contribution in [3.63, 3.8) is 0 Å². The van der Waals surface area contributed by atoms with Gasteiger partial charge in [0, 0.05) is 6.04 Å². The summed E-state index contributed by atoms with van der Waals surface area (Å²) in [6, 6.07) is 0.716. The molecule has 1 heterocycles. The van der Waals surface area contributed by atoms with Crippen LogP contribution in [0.15, 0.2) is 12.7 Å². The first-order valence-corrected chi connectivity index (χ1v) is 6.11. The zero-order valence-electron chi connectivity index (χ0n) is 9.67. The maximum atomic E-state index is 11.7. The molecule has 2 unspecified atom stereocenters. The average molecular weight is 235 g/mol. The fraction of sp³-hybridized carbons (Fsp3) is 0.727. The number of aromatic nitrogens is 3. The topological polar surface area (TPSA) is 85.8 Å². The Balaban J connectivity index is 1.76. The number of carbonyl (C=O) groups is 1. The lowest BCUT2D eigenvalue weighted by Gasteiger charge is -2.27. The van der Waals surface area contributed by atoms with Crippen LogP contribution in [-0.4, -0.2) is 32.3 Å². The molecule has 3 rings (SSSR count). The van der Waals surface area contributed by atoms with E-state index in [0.29, 0.717) is 6.04 Å². The Labute approximate surface area is 99.6 Å². The molecular formula is C11H17N5O. The van der Waals surface area contributed by atoms with Crippen molar-refractivity contribution < 1.29 is 4.79 Å². The highest BCUT2D eigenvalue weighted by Crippen LogP contribution is 2.39. The summed E-state index contributed by atoms with van der Waals surface area (Å²) in [5, 5.41) is 7.57. The van der Waals surface area contributed by atoms with Crippen molar-refractivity contribution in [1.29, 1.82) is 0 Å². The third kappa shape index (κ3) is 1.93. The molecule has 3 N–H and O–H groups in total. The smallest absolute Gasteiger partial charge is 0.237 e. The average Bonchev–Trinajstić information content (AvgIpc) is 2.83. The van der Waals surface area contributed by atoms with Crippen LogP contribution in [0.3, 0.4) is 0 Å². The third-order valence-corrected chi connectivity index (χ3v) is 3.83. The normalized spacial score (nSPS) is 32.8. The van der Waals surface area contributed by atoms with Crippen LogP contribution >= 0.6 is 0 Å². The Morgan fingerprint density at radius 3 is 2.88 bits per heavy atom. The molecule has 1 aromatic rings. The van der Waals surface area contributed by atoms with Crippen LogP contribution in [0.1, 0.15) is 38.1 Å². The van der Waals surface area contributed by atoms with Gasteiger partial charge in [-0.1, -0.05) is 0 Å². The number of primary amides is 1. The second-order valence-electron chi connectivity index (χ2n) is 5.14. The first-order valence-electron chi connectivity index (χ1n) is 6.11. The van der Waals surface area contributed by atoms with Crippen LogP contribution in [0.4, 0.5) is 0 Å². The van der Waals surface area contributed by atoms with Crippen LogP contribution in [0.5, 0.6) is 0 Å². The molecule has 0 bridgehead atoms. The van der Waals surface area contributed by atoms with E-state index < -0.39 is 5.54 Å². The Morgan fingerprint density at radius 2 is 2.29 bits per heavy atom. The van der Waals surface area contributed by atoms with Gasteiger partial charge in [-0.3, -0.25) is 4.79 Å². The van der Waals surface area contributed by atoms with Crippen LogP contribution in [0.25, 0.3) is 0 Å². The lowest BCUT2D eigenvalue weighted by atomic mass is 9.96. The van der Waals surface area contributed by atoms with E-state index in [0.717, 1.165) is 32.1 Å². The minimum Gasteiger partial charge on any atom is -0.368 e. The van der Waals surface area contributed by atoms with Crippen molar-refractivity contribution in [3.05, 3.63) is 12.7 Å². The van der Waals surface area contributed by atoms with Gasteiger partial charge in [0.05, 0.1) is 11.6 Å². The summed E-state index contributed by atoms with van der Waals surface area (Å²) < 4.78 is 1.83. The van der Waals surface area contributed by atoms with Crippen LogP contribution in [0.2, 0.25) is 0 Å². The predicted molar refractivity (Wildman–Crippen MR) is 61.0 cm³/mol. The molecule has 6 heteroatoms. The molecule has 6 nitrogen and oxygen atoms in total. The van der Waals surface area contributed by atoms with Crippen LogP contribution < -0.4 is 11.1 Å². The minimum absolute atomic E-state index is 0.230. The molecule has 92 valence electrons. The molecular weight excluding hydrogens is 218 g/mol. The van der Waals surface area contributed by atoms with Crippen LogP contribution in [-0.2, 0) is 4.79 Å². The molecule has 2 saturated carbocycles. The molecule has 2 aliphatic rings. The molecule has 2 fully saturated rings. The fourth-order valence-electron chi connectivity index (χ4n) is 2.70. The Hall–Kier alpha value is -1.43. The van der Waals surface area contributed by atoms with Crippen molar-refractivity contribution in [2.75, 3.05) is 0 Å². The summed E-state index contributed by atoms with van der Waals surface area (Å²) >= 11 is 0. The SMILES string of the molecule is NC(=O)C1(NC2CC2)CCC(n2cncn2)C1. The van der Waals surface area contributed by atoms with Gasteiger partial charge in [0.15, 0.2) is 0 Å². The highest BCUT2D eigenvalue weighted by molar-refractivity contribution is 5.85. The van der Waals surface area contributed by atoms with E-state index in [4.69, 9.17) is 5.73 Å². The van der Waals surface area contributed by atoms with E-state index in [9.17, 15) is 4.79 Å². The van der Waals surface area contributed by atoms with Crippen molar-refractivity contribution in [1.82, 2.24) is 20.1 Å². The zero-order chi connectivity index (χ0) is 11.9. The second kappa shape index (κ2) is 3.80. The molecule has 2 aliphatic carbocycles. The van der Waals surface area contributed by atoms with E-state index >= 15 is 0 Å². The number of nitrogens with two attached hydrogens (primary N) is 1. The molecule has 0 aromatic carbocycles. The van der Waals surface area contributed by atoms with Gasteiger partial charge in [0.1, 0.15) is 12.7 Å². The van der Waals surface area contributed by atoms with Gasteiger partial charge in [-0.2, -0.15) is 5.10 Å². The van der Waals surface area contributed by atoms with Crippen molar-refractivity contribution in [3.8, 4) is 0 Å². The highest BCUT2D eigenvalue weighted by Gasteiger charge is 2.47. The molecule has 17 heavy (non-hydrogen) atoms. The van der Waals surface area contributed by atoms with Crippen molar-refractivity contribution in [2.45, 2.75) is 49.7 Å². The number of nitrogens with zero attached hydrogens (tertiary/aromatic N) is 3. The van der Waals surface area contributed by atoms with E-state index in [-0.39, 0.29) is 11.9 Å². The van der Waals surface area contributed by atoms with Gasteiger partial charge >= 0.3 is 0 Å². The van der Waals surface area contributed by atoms with Gasteiger partial charge in [-0.05, 0) is 32.1 Å². The Bertz CT molecular complexity index is 414. The molecule has 0 radical (unpaired) electrons. The van der Waals surface area contributed by atoms with E-state index in [1.807, 2.05) is 4.68 Å². The van der Waals surface area contributed by atoms with Gasteiger partial charge < -0.3 is 11.1 Å². The fourth-order valence-corrected chi connectivity index (χ4v) is 2.70. The molecule has 2 atom stereocenters. The summed E-state index contributed by atoms with van der Waals surface area (Å²) in [6.07, 6.45) is 7.99. The van der Waals surface area contributed by atoms with Gasteiger partial charge in [0.25, 0.3) is 0 Å². The summed E-state index contributed by atoms with van der Waals surface area (Å²) in [6.45, 7) is 0. The number of carbonyl (C=O) groups excluding carboxylic acids is 1. The zero-order valence-corrected chi connectivity index (χ0v) is 9.67. The van der Waals surface area contributed by atoms with Crippen LogP contribution in [0, 0.1) is 0 Å². The number of hydrogen-bond donors (Lipinski definition) is 2. The standard InChI is InChI=1S/C11H17N5O/c12-10(17)11(15-8-1-2-8)4-3-9(5-11)16-7-13-6-14-16/h6-9,15H,1-5H2,(H2,12,17). The predicted octanol–water partition coefficient (Wildman–Crippen LogP) is -0.0208. The van der Waals surface area contributed by atoms with E-state index in [2.05, 4.69) is 15.4 Å². The summed E-state index contributed by atoms with van der Waals surface area (Å²) in [4.78, 5) is 15.7. The number of hydrogen-bond acceptors (Lipinski definition) is 4. The van der Waals surface area contributed by atoms with Crippen molar-refractivity contribution >= 4 is 5.91 Å². The van der Waals surface area contributed by atoms with Gasteiger partial charge in [-0.15, -0.1) is 0 Å². The Kier molecular flexibility index (Phi) is 2.39. The summed E-state index contributed by atoms with van der Waals surface area (Å²) in [5.41, 5.74) is 5.05. The molecule has 0 aliphatic heterocycles. The summed E-state index contributed by atoms with van der Waals surface area (Å²) in [5.74, 6) is -0.230. The largest absolute Gasteiger partial charge is 0.368 e. The molecule has 1 amide bonds. The lowest BCUT2D eigenvalue weighted by Crippen LogP contribution is -2.54. The summed E-state index contributed by atoms with van der Waals surface area (Å²) in [7, 11) is 0. The number of rotatable bonds is 4. The van der Waals surface area contributed by atoms with E-state index in [1.165, 1.54) is 6.33 Å². The monoisotopic (exact) mass is 235 g/mol. The first kappa shape index (κ1) is 10.7. The molecule has 0 saturated heterocycles.